The number of hydrazine groups is 1. The molecule has 7 nitrogen and oxygen atoms in total. The minimum Gasteiger partial charge on any atom is -0.481 e. The van der Waals surface area contributed by atoms with Gasteiger partial charge in [0.25, 0.3) is 5.97 Å². The SMILES string of the molecule is CC(=O)O.CCCCCCCCCNN1C=NC(C)(C)NC1=NCc1ccccc1. The number of benzene rings is 1. The fourth-order valence-corrected chi connectivity index (χ4v) is 2.89. The molecule has 0 aromatic heterocycles. The van der Waals surface area contributed by atoms with Gasteiger partial charge in [0, 0.05) is 13.5 Å². The van der Waals surface area contributed by atoms with Gasteiger partial charge in [-0.25, -0.2) is 20.4 Å². The highest BCUT2D eigenvalue weighted by Gasteiger charge is 2.25. The molecule has 3 N–H and O–H groups in total. The number of guanidine groups is 1. The van der Waals surface area contributed by atoms with E-state index in [2.05, 4.69) is 48.6 Å². The summed E-state index contributed by atoms with van der Waals surface area (Å²) in [7, 11) is 0. The van der Waals surface area contributed by atoms with Crippen LogP contribution in [0.25, 0.3) is 0 Å². The molecule has 0 amide bonds. The maximum absolute atomic E-state index is 9.00. The molecule has 1 heterocycles. The quantitative estimate of drug-likeness (QED) is 0.459. The van der Waals surface area contributed by atoms with Gasteiger partial charge < -0.3 is 10.4 Å². The number of hydrogen-bond donors (Lipinski definition) is 3. The number of carboxylic acid groups (broad SMARTS) is 1. The maximum Gasteiger partial charge on any atom is 0.300 e. The van der Waals surface area contributed by atoms with Gasteiger partial charge in [-0.3, -0.25) is 4.79 Å². The third-order valence-electron chi connectivity index (χ3n) is 4.46. The van der Waals surface area contributed by atoms with Crippen LogP contribution in [0.5, 0.6) is 0 Å². The molecule has 168 valence electrons. The molecule has 1 aliphatic heterocycles. The Morgan fingerprint density at radius 3 is 2.37 bits per heavy atom. The van der Waals surface area contributed by atoms with E-state index in [1.807, 2.05) is 29.5 Å². The second-order valence-corrected chi connectivity index (χ2v) is 7.97. The maximum atomic E-state index is 9.00. The van der Waals surface area contributed by atoms with Crippen LogP contribution < -0.4 is 10.7 Å². The lowest BCUT2D eigenvalue weighted by Gasteiger charge is -2.34. The molecule has 0 saturated carbocycles. The molecule has 30 heavy (non-hydrogen) atoms. The fourth-order valence-electron chi connectivity index (χ4n) is 2.89. The Labute approximate surface area is 181 Å². The van der Waals surface area contributed by atoms with Gasteiger partial charge in [-0.05, 0) is 25.8 Å². The minimum atomic E-state index is -0.833. The normalized spacial score (nSPS) is 16.0. The van der Waals surface area contributed by atoms with E-state index in [0.717, 1.165) is 19.4 Å². The van der Waals surface area contributed by atoms with Crippen LogP contribution in [0.1, 0.15) is 78.2 Å². The molecule has 0 fully saturated rings. The highest BCUT2D eigenvalue weighted by molar-refractivity contribution is 5.92. The van der Waals surface area contributed by atoms with Gasteiger partial charge in [-0.1, -0.05) is 75.8 Å². The van der Waals surface area contributed by atoms with Crippen molar-refractivity contribution in [2.45, 2.75) is 84.8 Å². The summed E-state index contributed by atoms with van der Waals surface area (Å²) in [6.45, 7) is 9.04. The molecule has 1 aromatic rings. The number of aliphatic carboxylic acids is 1. The topological polar surface area (TPSA) is 89.3 Å². The standard InChI is InChI=1S/C21H35N5.C2H4O2/c1-4-5-6-7-8-9-13-16-24-26-18-23-21(2,3)25-20(26)22-17-19-14-11-10-12-15-19;1-2(3)4/h10-12,14-15,18,24H,4-9,13,16-17H2,1-3H3,(H,22,25);1H3,(H,3,4). The lowest BCUT2D eigenvalue weighted by Crippen LogP contribution is -2.58. The Morgan fingerprint density at radius 1 is 1.13 bits per heavy atom. The van der Waals surface area contributed by atoms with E-state index in [9.17, 15) is 0 Å². The molecule has 1 aromatic carbocycles. The number of rotatable bonds is 11. The van der Waals surface area contributed by atoms with E-state index in [1.54, 1.807) is 0 Å². The van der Waals surface area contributed by atoms with Crippen LogP contribution in [0.4, 0.5) is 0 Å². The van der Waals surface area contributed by atoms with Crippen LogP contribution in [0.2, 0.25) is 0 Å². The van der Waals surface area contributed by atoms with Gasteiger partial charge in [-0.15, -0.1) is 0 Å². The van der Waals surface area contributed by atoms with Crippen LogP contribution in [-0.4, -0.2) is 40.6 Å². The predicted molar refractivity (Wildman–Crippen MR) is 124 cm³/mol. The van der Waals surface area contributed by atoms with Gasteiger partial charge in [0.2, 0.25) is 5.96 Å². The number of unbranched alkanes of at least 4 members (excludes halogenated alkanes) is 6. The smallest absolute Gasteiger partial charge is 0.300 e. The summed E-state index contributed by atoms with van der Waals surface area (Å²) in [5.74, 6) is -0.00296. The van der Waals surface area contributed by atoms with Crippen LogP contribution in [0.3, 0.4) is 0 Å². The van der Waals surface area contributed by atoms with E-state index >= 15 is 0 Å². The molecule has 0 bridgehead atoms. The number of nitrogens with zero attached hydrogens (tertiary/aromatic N) is 3. The monoisotopic (exact) mass is 417 g/mol. The second kappa shape index (κ2) is 14.6. The zero-order chi connectivity index (χ0) is 22.2. The van der Waals surface area contributed by atoms with E-state index in [1.165, 1.54) is 50.5 Å². The minimum absolute atomic E-state index is 0.326. The molecule has 0 aliphatic carbocycles. The molecule has 0 unspecified atom stereocenters. The summed E-state index contributed by atoms with van der Waals surface area (Å²) < 4.78 is 0. The molecular weight excluding hydrogens is 378 g/mol. The Hall–Kier alpha value is -2.41. The van der Waals surface area contributed by atoms with Crippen LogP contribution in [-0.2, 0) is 11.3 Å². The van der Waals surface area contributed by atoms with Gasteiger partial charge >= 0.3 is 0 Å². The van der Waals surface area contributed by atoms with E-state index in [4.69, 9.17) is 14.9 Å². The second-order valence-electron chi connectivity index (χ2n) is 7.97. The zero-order valence-electron chi connectivity index (χ0n) is 19.0. The zero-order valence-corrected chi connectivity index (χ0v) is 19.0. The molecule has 0 saturated heterocycles. The molecule has 2 rings (SSSR count). The Kier molecular flexibility index (Phi) is 12.4. The summed E-state index contributed by atoms with van der Waals surface area (Å²) in [4.78, 5) is 18.3. The number of carbonyl (C=O) groups is 1. The summed E-state index contributed by atoms with van der Waals surface area (Å²) in [6.07, 6.45) is 11.0. The highest BCUT2D eigenvalue weighted by atomic mass is 16.4. The third kappa shape index (κ3) is 12.2. The lowest BCUT2D eigenvalue weighted by atomic mass is 10.1. The largest absolute Gasteiger partial charge is 0.481 e. The average Bonchev–Trinajstić information content (AvgIpc) is 2.69. The van der Waals surface area contributed by atoms with Crippen molar-refractivity contribution < 1.29 is 9.90 Å². The van der Waals surface area contributed by atoms with E-state index < -0.39 is 5.97 Å². The fraction of sp³-hybridized carbons (Fsp3) is 0.609. The summed E-state index contributed by atoms with van der Waals surface area (Å²) in [5.41, 5.74) is 4.32. The molecule has 0 radical (unpaired) electrons. The first-order chi connectivity index (χ1) is 14.3. The van der Waals surface area contributed by atoms with Gasteiger partial charge in [0.15, 0.2) is 0 Å². The van der Waals surface area contributed by atoms with Crippen molar-refractivity contribution in [1.82, 2.24) is 15.8 Å². The van der Waals surface area contributed by atoms with E-state index in [-0.39, 0.29) is 5.66 Å². The first kappa shape index (κ1) is 25.6. The molecule has 0 atom stereocenters. The molecule has 1 aliphatic rings. The summed E-state index contributed by atoms with van der Waals surface area (Å²) in [6, 6.07) is 10.3. The molecular formula is C23H39N5O2. The van der Waals surface area contributed by atoms with Gasteiger partial charge in [-0.2, -0.15) is 0 Å². The van der Waals surface area contributed by atoms with Crippen LogP contribution in [0.15, 0.2) is 40.3 Å². The molecule has 7 heteroatoms. The lowest BCUT2D eigenvalue weighted by molar-refractivity contribution is -0.134. The third-order valence-corrected chi connectivity index (χ3v) is 4.46. The number of nitrogens with one attached hydrogen (secondary N) is 2. The predicted octanol–water partition coefficient (Wildman–Crippen LogP) is 4.56. The van der Waals surface area contributed by atoms with Crippen molar-refractivity contribution in [3.8, 4) is 0 Å². The average molecular weight is 418 g/mol. The highest BCUT2D eigenvalue weighted by Crippen LogP contribution is 2.10. The van der Waals surface area contributed by atoms with Gasteiger partial charge in [0.1, 0.15) is 12.0 Å². The van der Waals surface area contributed by atoms with Crippen LogP contribution in [0, 0.1) is 0 Å². The number of hydrogen-bond acceptors (Lipinski definition) is 4. The number of aliphatic imine (C=N–C) groups is 2. The van der Waals surface area contributed by atoms with Crippen molar-refractivity contribution in [1.29, 1.82) is 0 Å². The Bertz CT molecular complexity index is 655. The van der Waals surface area contributed by atoms with Crippen molar-refractivity contribution in [2.24, 2.45) is 9.98 Å². The van der Waals surface area contributed by atoms with Gasteiger partial charge in [0.05, 0.1) is 6.54 Å². The first-order valence-corrected chi connectivity index (χ1v) is 11.0. The van der Waals surface area contributed by atoms with Crippen molar-refractivity contribution in [2.75, 3.05) is 6.54 Å². The summed E-state index contributed by atoms with van der Waals surface area (Å²) in [5, 5.41) is 12.7. The van der Waals surface area contributed by atoms with Crippen molar-refractivity contribution >= 4 is 18.3 Å². The van der Waals surface area contributed by atoms with E-state index in [0.29, 0.717) is 6.54 Å². The summed E-state index contributed by atoms with van der Waals surface area (Å²) >= 11 is 0. The van der Waals surface area contributed by atoms with Crippen molar-refractivity contribution in [3.63, 3.8) is 0 Å². The molecule has 0 spiro atoms. The Balaban J connectivity index is 0.00000103. The van der Waals surface area contributed by atoms with Crippen LogP contribution >= 0.6 is 0 Å². The number of carboxylic acids is 1. The Morgan fingerprint density at radius 2 is 1.73 bits per heavy atom. The van der Waals surface area contributed by atoms with Crippen molar-refractivity contribution in [3.05, 3.63) is 35.9 Å². The first-order valence-electron chi connectivity index (χ1n) is 11.0.